The van der Waals surface area contributed by atoms with Gasteiger partial charge in [0.25, 0.3) is 0 Å². The van der Waals surface area contributed by atoms with E-state index in [1.807, 2.05) is 34.6 Å². The summed E-state index contributed by atoms with van der Waals surface area (Å²) in [6.45, 7) is 1.95. The number of aryl methyl sites for hydroxylation is 1. The Bertz CT molecular complexity index is 593. The zero-order valence-corrected chi connectivity index (χ0v) is 8.20. The molecular weight excluding hydrogens is 190 g/mol. The standard InChI is InChI=1S/C10H9N5/c1-8-13-9-3-2-4-12-10(9)15(8)14-6-5-11-7-14/h2-7H,1H3. The fraction of sp³-hybridized carbons (Fsp3) is 0.100. The summed E-state index contributed by atoms with van der Waals surface area (Å²) in [6, 6.07) is 3.83. The number of rotatable bonds is 1. The molecule has 3 aromatic heterocycles. The molecule has 0 aliphatic rings. The number of fused-ring (bicyclic) bond motifs is 1. The Morgan fingerprint density at radius 3 is 3.00 bits per heavy atom. The van der Waals surface area contributed by atoms with Crippen LogP contribution in [0.15, 0.2) is 37.1 Å². The molecule has 0 fully saturated rings. The molecule has 15 heavy (non-hydrogen) atoms. The minimum absolute atomic E-state index is 0.841. The zero-order chi connectivity index (χ0) is 10.3. The van der Waals surface area contributed by atoms with Gasteiger partial charge >= 0.3 is 0 Å². The van der Waals surface area contributed by atoms with Gasteiger partial charge in [0.15, 0.2) is 5.65 Å². The van der Waals surface area contributed by atoms with Crippen LogP contribution in [0.2, 0.25) is 0 Å². The molecule has 5 nitrogen and oxygen atoms in total. The number of aromatic nitrogens is 5. The van der Waals surface area contributed by atoms with E-state index in [4.69, 9.17) is 0 Å². The number of hydrogen-bond donors (Lipinski definition) is 0. The van der Waals surface area contributed by atoms with E-state index in [2.05, 4.69) is 15.0 Å². The van der Waals surface area contributed by atoms with Crippen molar-refractivity contribution in [2.24, 2.45) is 0 Å². The second-order valence-corrected chi connectivity index (χ2v) is 3.26. The number of pyridine rings is 1. The minimum Gasteiger partial charge on any atom is -0.243 e. The van der Waals surface area contributed by atoms with Crippen LogP contribution in [0.4, 0.5) is 0 Å². The Kier molecular flexibility index (Phi) is 1.58. The van der Waals surface area contributed by atoms with Crippen LogP contribution in [0.25, 0.3) is 11.2 Å². The first-order valence-electron chi connectivity index (χ1n) is 4.65. The average Bonchev–Trinajstić information content (AvgIpc) is 2.82. The highest BCUT2D eigenvalue weighted by molar-refractivity contribution is 5.70. The average molecular weight is 199 g/mol. The topological polar surface area (TPSA) is 48.5 Å². The third-order valence-electron chi connectivity index (χ3n) is 2.28. The second-order valence-electron chi connectivity index (χ2n) is 3.26. The lowest BCUT2D eigenvalue weighted by Gasteiger charge is -2.05. The van der Waals surface area contributed by atoms with Crippen molar-refractivity contribution in [3.05, 3.63) is 42.9 Å². The fourth-order valence-corrected chi connectivity index (χ4v) is 1.66. The van der Waals surface area contributed by atoms with Crippen LogP contribution in [-0.4, -0.2) is 24.3 Å². The molecule has 0 unspecified atom stereocenters. The number of nitrogens with zero attached hydrogens (tertiary/aromatic N) is 5. The third kappa shape index (κ3) is 1.13. The quantitative estimate of drug-likeness (QED) is 0.592. The summed E-state index contributed by atoms with van der Waals surface area (Å²) >= 11 is 0. The van der Waals surface area contributed by atoms with Gasteiger partial charge in [0.1, 0.15) is 17.7 Å². The van der Waals surface area contributed by atoms with Crippen LogP contribution in [0, 0.1) is 6.92 Å². The molecule has 0 amide bonds. The van der Waals surface area contributed by atoms with Crippen molar-refractivity contribution in [1.82, 2.24) is 24.3 Å². The van der Waals surface area contributed by atoms with Gasteiger partial charge in [-0.25, -0.2) is 24.3 Å². The number of imidazole rings is 2. The molecule has 74 valence electrons. The van der Waals surface area contributed by atoms with Crippen molar-refractivity contribution < 1.29 is 0 Å². The van der Waals surface area contributed by atoms with Crippen LogP contribution < -0.4 is 0 Å². The molecule has 0 atom stereocenters. The summed E-state index contributed by atoms with van der Waals surface area (Å²) in [7, 11) is 0. The maximum Gasteiger partial charge on any atom is 0.179 e. The molecule has 3 rings (SSSR count). The first-order valence-corrected chi connectivity index (χ1v) is 4.65. The fourth-order valence-electron chi connectivity index (χ4n) is 1.66. The van der Waals surface area contributed by atoms with E-state index in [1.165, 1.54) is 0 Å². The highest BCUT2D eigenvalue weighted by Crippen LogP contribution is 2.12. The summed E-state index contributed by atoms with van der Waals surface area (Å²) in [5.74, 6) is 0.890. The van der Waals surface area contributed by atoms with Crippen molar-refractivity contribution >= 4 is 11.2 Å². The van der Waals surface area contributed by atoms with Gasteiger partial charge in [0, 0.05) is 18.6 Å². The summed E-state index contributed by atoms with van der Waals surface area (Å²) in [5.41, 5.74) is 1.73. The van der Waals surface area contributed by atoms with E-state index in [9.17, 15) is 0 Å². The predicted octanol–water partition coefficient (Wildman–Crippen LogP) is 1.25. The summed E-state index contributed by atoms with van der Waals surface area (Å²) in [6.07, 6.45) is 7.08. The van der Waals surface area contributed by atoms with Crippen molar-refractivity contribution in [2.45, 2.75) is 6.92 Å². The summed E-state index contributed by atoms with van der Waals surface area (Å²) in [5, 5.41) is 0. The second kappa shape index (κ2) is 2.91. The lowest BCUT2D eigenvalue weighted by molar-refractivity contribution is 0.649. The van der Waals surface area contributed by atoms with Crippen molar-refractivity contribution in [1.29, 1.82) is 0 Å². The predicted molar refractivity (Wildman–Crippen MR) is 55.3 cm³/mol. The van der Waals surface area contributed by atoms with Gasteiger partial charge in [0.05, 0.1) is 0 Å². The van der Waals surface area contributed by atoms with Crippen LogP contribution in [0.1, 0.15) is 5.82 Å². The summed E-state index contributed by atoms with van der Waals surface area (Å²) in [4.78, 5) is 12.7. The van der Waals surface area contributed by atoms with E-state index in [0.29, 0.717) is 0 Å². The van der Waals surface area contributed by atoms with Gasteiger partial charge in [-0.1, -0.05) is 0 Å². The van der Waals surface area contributed by atoms with Crippen molar-refractivity contribution in [3.8, 4) is 0 Å². The Labute approximate surface area is 86.0 Å². The maximum atomic E-state index is 4.42. The molecule has 0 spiro atoms. The molecule has 0 aliphatic carbocycles. The summed E-state index contributed by atoms with van der Waals surface area (Å²) < 4.78 is 3.78. The van der Waals surface area contributed by atoms with E-state index < -0.39 is 0 Å². The molecule has 0 bridgehead atoms. The molecule has 3 heterocycles. The molecule has 3 aromatic rings. The number of hydrogen-bond acceptors (Lipinski definition) is 3. The van der Waals surface area contributed by atoms with Crippen molar-refractivity contribution in [2.75, 3.05) is 0 Å². The van der Waals surface area contributed by atoms with E-state index in [-0.39, 0.29) is 0 Å². The molecule has 0 saturated carbocycles. The normalized spacial score (nSPS) is 11.0. The minimum atomic E-state index is 0.841. The molecule has 5 heteroatoms. The van der Waals surface area contributed by atoms with Gasteiger partial charge in [-0.3, -0.25) is 0 Å². The van der Waals surface area contributed by atoms with Gasteiger partial charge in [-0.05, 0) is 19.1 Å². The van der Waals surface area contributed by atoms with Gasteiger partial charge in [-0.2, -0.15) is 0 Å². The Balaban J connectivity index is 2.39. The molecule has 0 saturated heterocycles. The van der Waals surface area contributed by atoms with Crippen LogP contribution in [0.5, 0.6) is 0 Å². The maximum absolute atomic E-state index is 4.42. The Hall–Kier alpha value is -2.17. The highest BCUT2D eigenvalue weighted by atomic mass is 15.5. The van der Waals surface area contributed by atoms with E-state index >= 15 is 0 Å². The van der Waals surface area contributed by atoms with Crippen LogP contribution >= 0.6 is 0 Å². The SMILES string of the molecule is Cc1nc2cccnc2n1-n1ccnc1. The molecule has 0 N–H and O–H groups in total. The van der Waals surface area contributed by atoms with Gasteiger partial charge < -0.3 is 0 Å². The Morgan fingerprint density at radius 2 is 2.20 bits per heavy atom. The third-order valence-corrected chi connectivity index (χ3v) is 2.28. The van der Waals surface area contributed by atoms with E-state index in [0.717, 1.165) is 17.0 Å². The first-order chi connectivity index (χ1) is 7.36. The highest BCUT2D eigenvalue weighted by Gasteiger charge is 2.08. The van der Waals surface area contributed by atoms with E-state index in [1.54, 1.807) is 18.7 Å². The van der Waals surface area contributed by atoms with Crippen LogP contribution in [0.3, 0.4) is 0 Å². The molecule has 0 radical (unpaired) electrons. The van der Waals surface area contributed by atoms with Gasteiger partial charge in [0.2, 0.25) is 0 Å². The largest absolute Gasteiger partial charge is 0.243 e. The Morgan fingerprint density at radius 1 is 1.27 bits per heavy atom. The first kappa shape index (κ1) is 8.16. The zero-order valence-electron chi connectivity index (χ0n) is 8.20. The smallest absolute Gasteiger partial charge is 0.179 e. The lowest BCUT2D eigenvalue weighted by atomic mass is 10.4. The lowest BCUT2D eigenvalue weighted by Crippen LogP contribution is -2.08. The molecule has 0 aliphatic heterocycles. The molecule has 0 aromatic carbocycles. The van der Waals surface area contributed by atoms with Crippen LogP contribution in [-0.2, 0) is 0 Å². The molecular formula is C10H9N5. The van der Waals surface area contributed by atoms with Crippen molar-refractivity contribution in [3.63, 3.8) is 0 Å². The van der Waals surface area contributed by atoms with Gasteiger partial charge in [-0.15, -0.1) is 0 Å². The monoisotopic (exact) mass is 199 g/mol.